The number of thiazole rings is 1. The lowest BCUT2D eigenvalue weighted by molar-refractivity contribution is 0.0963. The number of nitrogens with zero attached hydrogens (tertiary/aromatic N) is 1. The van der Waals surface area contributed by atoms with Crippen LogP contribution in [0.25, 0.3) is 0 Å². The highest BCUT2D eigenvalue weighted by atomic mass is 32.1. The van der Waals surface area contributed by atoms with E-state index in [0.717, 1.165) is 11.4 Å². The summed E-state index contributed by atoms with van der Waals surface area (Å²) in [5, 5.41) is 5.82. The molecular weight excluding hydrogens is 260 g/mol. The maximum atomic E-state index is 11.5. The lowest BCUT2D eigenvalue weighted by Crippen LogP contribution is -2.18. The summed E-state index contributed by atoms with van der Waals surface area (Å²) in [5.41, 5.74) is 10.7. The summed E-state index contributed by atoms with van der Waals surface area (Å²) in [6.07, 6.45) is 0. The van der Waals surface area contributed by atoms with Crippen molar-refractivity contribution in [3.05, 3.63) is 39.8 Å². The van der Waals surface area contributed by atoms with Gasteiger partial charge in [-0.05, 0) is 25.1 Å². The molecule has 0 aliphatic carbocycles. The van der Waals surface area contributed by atoms with Gasteiger partial charge in [-0.15, -0.1) is 11.3 Å². The fraction of sp³-hybridized carbons (Fsp3) is 0.231. The number of rotatable bonds is 4. The number of hydrogen-bond donors (Lipinski definition) is 3. The molecule has 0 aliphatic rings. The van der Waals surface area contributed by atoms with Crippen LogP contribution in [0.15, 0.2) is 23.7 Å². The number of carbonyl (C=O) groups is 1. The van der Waals surface area contributed by atoms with Crippen LogP contribution in [0, 0.1) is 6.92 Å². The van der Waals surface area contributed by atoms with Gasteiger partial charge in [0.2, 0.25) is 0 Å². The highest BCUT2D eigenvalue weighted by Crippen LogP contribution is 2.22. The predicted octanol–water partition coefficient (Wildman–Crippen LogP) is 2.01. The summed E-state index contributed by atoms with van der Waals surface area (Å²) in [7, 11) is 1.59. The molecule has 0 radical (unpaired) electrons. The Labute approximate surface area is 115 Å². The van der Waals surface area contributed by atoms with E-state index < -0.39 is 0 Å². The van der Waals surface area contributed by atoms with Crippen LogP contribution in [-0.2, 0) is 6.54 Å². The predicted molar refractivity (Wildman–Crippen MR) is 78.4 cm³/mol. The van der Waals surface area contributed by atoms with E-state index in [1.807, 2.05) is 18.5 Å². The van der Waals surface area contributed by atoms with Crippen LogP contribution in [0.3, 0.4) is 0 Å². The van der Waals surface area contributed by atoms with Gasteiger partial charge >= 0.3 is 0 Å². The number of carbonyl (C=O) groups excluding carboxylic acids is 1. The zero-order valence-electron chi connectivity index (χ0n) is 10.9. The van der Waals surface area contributed by atoms with E-state index in [4.69, 9.17) is 5.73 Å². The highest BCUT2D eigenvalue weighted by molar-refractivity contribution is 7.09. The molecule has 19 heavy (non-hydrogen) atoms. The highest BCUT2D eigenvalue weighted by Gasteiger charge is 2.07. The van der Waals surface area contributed by atoms with Gasteiger partial charge in [-0.1, -0.05) is 0 Å². The first-order valence-corrected chi connectivity index (χ1v) is 6.74. The molecule has 0 fully saturated rings. The summed E-state index contributed by atoms with van der Waals surface area (Å²) in [6, 6.07) is 5.23. The number of nitrogens with one attached hydrogen (secondary N) is 2. The maximum absolute atomic E-state index is 11.5. The van der Waals surface area contributed by atoms with Crippen molar-refractivity contribution in [2.45, 2.75) is 13.5 Å². The molecule has 0 spiro atoms. The molecule has 1 amide bonds. The molecule has 0 saturated heterocycles. The van der Waals surface area contributed by atoms with Crippen molar-refractivity contribution in [3.8, 4) is 0 Å². The van der Waals surface area contributed by atoms with Crippen LogP contribution in [0.2, 0.25) is 0 Å². The molecule has 1 heterocycles. The van der Waals surface area contributed by atoms with Gasteiger partial charge in [-0.2, -0.15) is 0 Å². The zero-order valence-corrected chi connectivity index (χ0v) is 11.7. The van der Waals surface area contributed by atoms with Crippen molar-refractivity contribution in [1.82, 2.24) is 10.3 Å². The second kappa shape index (κ2) is 5.71. The number of hydrogen-bond acceptors (Lipinski definition) is 5. The van der Waals surface area contributed by atoms with Crippen LogP contribution < -0.4 is 16.4 Å². The summed E-state index contributed by atoms with van der Waals surface area (Å²) in [6.45, 7) is 2.66. The molecule has 100 valence electrons. The van der Waals surface area contributed by atoms with Crippen molar-refractivity contribution in [2.75, 3.05) is 18.1 Å². The van der Waals surface area contributed by atoms with E-state index in [2.05, 4.69) is 15.6 Å². The molecule has 6 heteroatoms. The fourth-order valence-electron chi connectivity index (χ4n) is 1.68. The van der Waals surface area contributed by atoms with Crippen molar-refractivity contribution < 1.29 is 4.79 Å². The van der Waals surface area contributed by atoms with E-state index in [-0.39, 0.29) is 5.91 Å². The fourth-order valence-corrected chi connectivity index (χ4v) is 2.40. The summed E-state index contributed by atoms with van der Waals surface area (Å²) < 4.78 is 0. The van der Waals surface area contributed by atoms with Crippen LogP contribution in [0.5, 0.6) is 0 Å². The Balaban J connectivity index is 2.09. The average molecular weight is 276 g/mol. The van der Waals surface area contributed by atoms with Crippen molar-refractivity contribution >= 4 is 28.6 Å². The van der Waals surface area contributed by atoms with Crippen LogP contribution >= 0.6 is 11.3 Å². The largest absolute Gasteiger partial charge is 0.397 e. The van der Waals surface area contributed by atoms with E-state index in [1.54, 1.807) is 30.5 Å². The van der Waals surface area contributed by atoms with Gasteiger partial charge in [0, 0.05) is 17.5 Å². The molecule has 1 aromatic carbocycles. The van der Waals surface area contributed by atoms with Gasteiger partial charge < -0.3 is 16.4 Å². The first kappa shape index (κ1) is 13.4. The minimum atomic E-state index is -0.142. The standard InChI is InChI=1S/C13H16N4OS/c1-8-12(19-7-17-8)6-16-11-4-3-9(5-10(11)14)13(18)15-2/h3-5,7,16H,6,14H2,1-2H3,(H,15,18). The summed E-state index contributed by atoms with van der Waals surface area (Å²) >= 11 is 1.61. The number of amides is 1. The van der Waals surface area contributed by atoms with E-state index in [9.17, 15) is 4.79 Å². The summed E-state index contributed by atoms with van der Waals surface area (Å²) in [4.78, 5) is 16.8. The lowest BCUT2D eigenvalue weighted by Gasteiger charge is -2.10. The molecule has 1 aromatic heterocycles. The molecular formula is C13H16N4OS. The monoisotopic (exact) mass is 276 g/mol. The average Bonchev–Trinajstić information content (AvgIpc) is 2.82. The Morgan fingerprint density at radius 1 is 1.47 bits per heavy atom. The molecule has 2 aromatic rings. The molecule has 0 unspecified atom stereocenters. The second-order valence-corrected chi connectivity index (χ2v) is 5.03. The van der Waals surface area contributed by atoms with Gasteiger partial charge in [0.15, 0.2) is 0 Å². The van der Waals surface area contributed by atoms with E-state index in [0.29, 0.717) is 17.8 Å². The van der Waals surface area contributed by atoms with Gasteiger partial charge in [-0.25, -0.2) is 4.98 Å². The Bertz CT molecular complexity index is 594. The van der Waals surface area contributed by atoms with Crippen LogP contribution in [0.1, 0.15) is 20.9 Å². The number of anilines is 2. The second-order valence-electron chi connectivity index (χ2n) is 4.10. The molecule has 0 atom stereocenters. The third-order valence-corrected chi connectivity index (χ3v) is 3.76. The van der Waals surface area contributed by atoms with Crippen LogP contribution in [-0.4, -0.2) is 17.9 Å². The Hall–Kier alpha value is -2.08. The van der Waals surface area contributed by atoms with Crippen molar-refractivity contribution in [1.29, 1.82) is 0 Å². The number of nitrogens with two attached hydrogens (primary N) is 1. The normalized spacial score (nSPS) is 10.2. The first-order valence-electron chi connectivity index (χ1n) is 5.86. The minimum absolute atomic E-state index is 0.142. The Kier molecular flexibility index (Phi) is 4.01. The molecule has 0 aliphatic heterocycles. The molecule has 0 bridgehead atoms. The van der Waals surface area contributed by atoms with Crippen molar-refractivity contribution in [2.24, 2.45) is 0 Å². The van der Waals surface area contributed by atoms with E-state index in [1.165, 1.54) is 4.88 Å². The van der Waals surface area contributed by atoms with Gasteiger partial charge in [-0.3, -0.25) is 4.79 Å². The molecule has 2 rings (SSSR count). The number of aryl methyl sites for hydroxylation is 1. The minimum Gasteiger partial charge on any atom is -0.397 e. The Morgan fingerprint density at radius 2 is 2.26 bits per heavy atom. The molecule has 0 saturated carbocycles. The SMILES string of the molecule is CNC(=O)c1ccc(NCc2scnc2C)c(N)c1. The third kappa shape index (κ3) is 3.03. The van der Waals surface area contributed by atoms with Gasteiger partial charge in [0.25, 0.3) is 5.91 Å². The lowest BCUT2D eigenvalue weighted by atomic mass is 10.1. The van der Waals surface area contributed by atoms with E-state index >= 15 is 0 Å². The topological polar surface area (TPSA) is 80.0 Å². The Morgan fingerprint density at radius 3 is 2.84 bits per heavy atom. The smallest absolute Gasteiger partial charge is 0.251 e. The zero-order chi connectivity index (χ0) is 13.8. The summed E-state index contributed by atoms with van der Waals surface area (Å²) in [5.74, 6) is -0.142. The third-order valence-electron chi connectivity index (χ3n) is 2.83. The first-order chi connectivity index (χ1) is 9.11. The molecule has 5 nitrogen and oxygen atoms in total. The number of aromatic nitrogens is 1. The number of nitrogen functional groups attached to an aromatic ring is 1. The molecule has 4 N–H and O–H groups in total. The van der Waals surface area contributed by atoms with Crippen molar-refractivity contribution in [3.63, 3.8) is 0 Å². The quantitative estimate of drug-likeness (QED) is 0.746. The number of benzene rings is 1. The maximum Gasteiger partial charge on any atom is 0.251 e. The van der Waals surface area contributed by atoms with Gasteiger partial charge in [0.1, 0.15) is 0 Å². The van der Waals surface area contributed by atoms with Crippen LogP contribution in [0.4, 0.5) is 11.4 Å². The van der Waals surface area contributed by atoms with Gasteiger partial charge in [0.05, 0.1) is 29.1 Å².